The summed E-state index contributed by atoms with van der Waals surface area (Å²) in [6, 6.07) is 13.7. The molecule has 8 heteroatoms. The minimum Gasteiger partial charge on any atom is -0.384 e. The molecular formula is C30H39N7O. The average Bonchev–Trinajstić information content (AvgIpc) is 3.22. The summed E-state index contributed by atoms with van der Waals surface area (Å²) in [5.74, 6) is 2.03. The van der Waals surface area contributed by atoms with Gasteiger partial charge >= 0.3 is 0 Å². The maximum absolute atomic E-state index is 13.2. The Morgan fingerprint density at radius 1 is 1.08 bits per heavy atom. The van der Waals surface area contributed by atoms with E-state index in [-0.39, 0.29) is 11.3 Å². The number of rotatable bonds is 9. The molecule has 2 aliphatic rings. The molecule has 1 amide bonds. The molecule has 1 saturated heterocycles. The van der Waals surface area contributed by atoms with Crippen molar-refractivity contribution in [2.24, 2.45) is 5.92 Å². The van der Waals surface area contributed by atoms with Crippen LogP contribution in [0.15, 0.2) is 54.9 Å². The van der Waals surface area contributed by atoms with E-state index in [1.54, 1.807) is 18.3 Å². The highest BCUT2D eigenvalue weighted by atomic mass is 16.1. The van der Waals surface area contributed by atoms with Crippen LogP contribution in [0.2, 0.25) is 0 Å². The van der Waals surface area contributed by atoms with E-state index in [9.17, 15) is 4.79 Å². The van der Waals surface area contributed by atoms with E-state index in [1.807, 2.05) is 24.4 Å². The third kappa shape index (κ3) is 6.25. The Kier molecular flexibility index (Phi) is 7.79. The highest BCUT2D eigenvalue weighted by molar-refractivity contribution is 6.07. The summed E-state index contributed by atoms with van der Waals surface area (Å²) in [5, 5.41) is 13.3. The molecule has 0 atom stereocenters. The standard InChI is InChI=1S/C30H39N7O/c1-30(2)20-35-26-18-23(6-7-25(26)30)36-29(38)24-5-4-12-33-28(24)34-19-22-9-14-32-27(17-22)31-13-8-21-10-15-37(3)16-11-21/h4-7,9,12,14,17-18,21,35H,8,10-11,13,15-16,19-20H2,1-3H3,(H,31,32)(H,33,34)(H,36,38). The summed E-state index contributed by atoms with van der Waals surface area (Å²) in [7, 11) is 2.20. The number of benzene rings is 1. The molecule has 2 aromatic heterocycles. The molecule has 8 nitrogen and oxygen atoms in total. The molecule has 0 aliphatic carbocycles. The first-order valence-electron chi connectivity index (χ1n) is 13.6. The van der Waals surface area contributed by atoms with E-state index < -0.39 is 0 Å². The van der Waals surface area contributed by atoms with Crippen molar-refractivity contribution >= 4 is 28.9 Å². The number of likely N-dealkylation sites (tertiary alicyclic amines) is 1. The van der Waals surface area contributed by atoms with Crippen LogP contribution >= 0.6 is 0 Å². The topological polar surface area (TPSA) is 94.2 Å². The summed E-state index contributed by atoms with van der Waals surface area (Å²) < 4.78 is 0. The van der Waals surface area contributed by atoms with Crippen molar-refractivity contribution in [3.8, 4) is 0 Å². The molecule has 0 bridgehead atoms. The number of piperidine rings is 1. The molecule has 1 aromatic carbocycles. The first kappa shape index (κ1) is 26.0. The van der Waals surface area contributed by atoms with Crippen molar-refractivity contribution in [3.63, 3.8) is 0 Å². The quantitative estimate of drug-likeness (QED) is 0.313. The number of nitrogens with zero attached hydrogens (tertiary/aromatic N) is 3. The van der Waals surface area contributed by atoms with Crippen LogP contribution in [0.4, 0.5) is 23.0 Å². The van der Waals surface area contributed by atoms with Crippen LogP contribution in [0.5, 0.6) is 0 Å². The van der Waals surface area contributed by atoms with Gasteiger partial charge in [-0.15, -0.1) is 0 Å². The van der Waals surface area contributed by atoms with Gasteiger partial charge in [0.1, 0.15) is 11.6 Å². The molecule has 0 unspecified atom stereocenters. The molecule has 4 N–H and O–H groups in total. The van der Waals surface area contributed by atoms with Gasteiger partial charge in [0.05, 0.1) is 5.56 Å². The maximum Gasteiger partial charge on any atom is 0.259 e. The number of aromatic nitrogens is 2. The fourth-order valence-corrected chi connectivity index (χ4v) is 5.32. The molecule has 4 heterocycles. The molecule has 0 saturated carbocycles. The Labute approximate surface area is 225 Å². The van der Waals surface area contributed by atoms with Gasteiger partial charge in [0.15, 0.2) is 0 Å². The van der Waals surface area contributed by atoms with E-state index in [4.69, 9.17) is 0 Å². The van der Waals surface area contributed by atoms with E-state index >= 15 is 0 Å². The summed E-state index contributed by atoms with van der Waals surface area (Å²) >= 11 is 0. The molecule has 3 aromatic rings. The number of carbonyl (C=O) groups excluding carboxylic acids is 1. The molecule has 200 valence electrons. The summed E-state index contributed by atoms with van der Waals surface area (Å²) in [6.07, 6.45) is 7.24. The Hall–Kier alpha value is -3.65. The van der Waals surface area contributed by atoms with E-state index in [0.29, 0.717) is 17.9 Å². The van der Waals surface area contributed by atoms with Crippen molar-refractivity contribution in [1.29, 1.82) is 0 Å². The second-order valence-electron chi connectivity index (χ2n) is 11.2. The predicted octanol–water partition coefficient (Wildman–Crippen LogP) is 5.19. The van der Waals surface area contributed by atoms with E-state index in [2.05, 4.69) is 69.2 Å². The van der Waals surface area contributed by atoms with Gasteiger partial charge in [0, 0.05) is 48.8 Å². The van der Waals surface area contributed by atoms with Gasteiger partial charge in [-0.05, 0) is 92.8 Å². The Morgan fingerprint density at radius 3 is 2.76 bits per heavy atom. The number of nitrogens with one attached hydrogen (secondary N) is 4. The fraction of sp³-hybridized carbons (Fsp3) is 0.433. The van der Waals surface area contributed by atoms with Gasteiger partial charge in [-0.2, -0.15) is 0 Å². The summed E-state index contributed by atoms with van der Waals surface area (Å²) in [6.45, 7) is 9.19. The Morgan fingerprint density at radius 2 is 1.92 bits per heavy atom. The monoisotopic (exact) mass is 513 g/mol. The van der Waals surface area contributed by atoms with E-state index in [1.165, 1.54) is 37.9 Å². The molecule has 0 spiro atoms. The van der Waals surface area contributed by atoms with Crippen molar-refractivity contribution in [2.45, 2.75) is 45.1 Å². The van der Waals surface area contributed by atoms with Crippen molar-refractivity contribution in [3.05, 3.63) is 71.5 Å². The Bertz CT molecular complexity index is 1270. The first-order valence-corrected chi connectivity index (χ1v) is 13.6. The molecular weight excluding hydrogens is 474 g/mol. The third-order valence-corrected chi connectivity index (χ3v) is 7.76. The lowest BCUT2D eigenvalue weighted by molar-refractivity contribution is 0.102. The van der Waals surface area contributed by atoms with E-state index in [0.717, 1.165) is 41.8 Å². The predicted molar refractivity (Wildman–Crippen MR) is 155 cm³/mol. The molecule has 38 heavy (non-hydrogen) atoms. The lowest BCUT2D eigenvalue weighted by atomic mass is 9.87. The third-order valence-electron chi connectivity index (χ3n) is 7.76. The second-order valence-corrected chi connectivity index (χ2v) is 11.2. The lowest BCUT2D eigenvalue weighted by Crippen LogP contribution is -2.30. The van der Waals surface area contributed by atoms with Crippen LogP contribution in [0, 0.1) is 5.92 Å². The van der Waals surface area contributed by atoms with Crippen LogP contribution in [-0.4, -0.2) is 54.0 Å². The van der Waals surface area contributed by atoms with Crippen LogP contribution < -0.4 is 21.3 Å². The number of fused-ring (bicyclic) bond motifs is 1. The second kappa shape index (κ2) is 11.4. The largest absolute Gasteiger partial charge is 0.384 e. The number of amides is 1. The number of hydrogen-bond acceptors (Lipinski definition) is 7. The van der Waals surface area contributed by atoms with Crippen LogP contribution in [0.3, 0.4) is 0 Å². The van der Waals surface area contributed by atoms with Gasteiger partial charge in [-0.1, -0.05) is 19.9 Å². The van der Waals surface area contributed by atoms with Crippen molar-refractivity contribution in [1.82, 2.24) is 14.9 Å². The molecule has 2 aliphatic heterocycles. The van der Waals surface area contributed by atoms with Crippen LogP contribution in [0.25, 0.3) is 0 Å². The highest BCUT2D eigenvalue weighted by Gasteiger charge is 2.29. The number of pyridine rings is 2. The van der Waals surface area contributed by atoms with Gasteiger partial charge in [-0.3, -0.25) is 4.79 Å². The minimum atomic E-state index is -0.191. The molecule has 0 radical (unpaired) electrons. The summed E-state index contributed by atoms with van der Waals surface area (Å²) in [5.41, 5.74) is 4.78. The number of anilines is 4. The zero-order chi connectivity index (χ0) is 26.5. The minimum absolute atomic E-state index is 0.0906. The average molecular weight is 514 g/mol. The first-order chi connectivity index (χ1) is 18.4. The lowest BCUT2D eigenvalue weighted by Gasteiger charge is -2.28. The zero-order valence-corrected chi connectivity index (χ0v) is 22.7. The Balaban J connectivity index is 1.17. The van der Waals surface area contributed by atoms with Gasteiger partial charge < -0.3 is 26.2 Å². The van der Waals surface area contributed by atoms with Crippen molar-refractivity contribution in [2.75, 3.05) is 54.5 Å². The van der Waals surface area contributed by atoms with Crippen molar-refractivity contribution < 1.29 is 4.79 Å². The van der Waals surface area contributed by atoms with Gasteiger partial charge in [0.2, 0.25) is 0 Å². The van der Waals surface area contributed by atoms with Gasteiger partial charge in [0.25, 0.3) is 5.91 Å². The van der Waals surface area contributed by atoms with Crippen LogP contribution in [-0.2, 0) is 12.0 Å². The molecule has 5 rings (SSSR count). The zero-order valence-electron chi connectivity index (χ0n) is 22.7. The highest BCUT2D eigenvalue weighted by Crippen LogP contribution is 2.37. The number of carbonyl (C=O) groups is 1. The SMILES string of the molecule is CN1CCC(CCNc2cc(CNc3ncccc3C(=O)Nc3ccc4c(c3)NCC4(C)C)ccn2)CC1. The molecule has 1 fully saturated rings. The van der Waals surface area contributed by atoms with Crippen LogP contribution in [0.1, 0.15) is 54.6 Å². The number of hydrogen-bond donors (Lipinski definition) is 4. The maximum atomic E-state index is 13.2. The fourth-order valence-electron chi connectivity index (χ4n) is 5.32. The smallest absolute Gasteiger partial charge is 0.259 e. The normalized spacial score (nSPS) is 16.9. The summed E-state index contributed by atoms with van der Waals surface area (Å²) in [4.78, 5) is 24.5. The van der Waals surface area contributed by atoms with Gasteiger partial charge in [-0.25, -0.2) is 9.97 Å².